The van der Waals surface area contributed by atoms with Crippen LogP contribution in [0.1, 0.15) is 21.5 Å². The van der Waals surface area contributed by atoms with Gasteiger partial charge in [0.15, 0.2) is 11.5 Å². The smallest absolute Gasteiger partial charge is 0.276 e. The lowest BCUT2D eigenvalue weighted by Crippen LogP contribution is -2.25. The van der Waals surface area contributed by atoms with Crippen molar-refractivity contribution in [2.75, 3.05) is 20.8 Å². The second-order valence-electron chi connectivity index (χ2n) is 5.46. The number of aryl methyl sites for hydroxylation is 1. The number of hydrogen-bond acceptors (Lipinski definition) is 5. The third kappa shape index (κ3) is 4.47. The van der Waals surface area contributed by atoms with Gasteiger partial charge in [0.25, 0.3) is 11.6 Å². The number of nitrogens with zero attached hydrogens (tertiary/aromatic N) is 1. The Hall–Kier alpha value is -3.09. The van der Waals surface area contributed by atoms with Gasteiger partial charge in [-0.3, -0.25) is 14.9 Å². The van der Waals surface area contributed by atoms with Crippen molar-refractivity contribution >= 4 is 11.6 Å². The highest BCUT2D eigenvalue weighted by Crippen LogP contribution is 2.34. The predicted octanol–water partition coefficient (Wildman–Crippen LogP) is 2.89. The molecule has 2 rings (SSSR count). The fourth-order valence-corrected chi connectivity index (χ4v) is 2.40. The zero-order chi connectivity index (χ0) is 18.4. The Kier molecular flexibility index (Phi) is 5.94. The summed E-state index contributed by atoms with van der Waals surface area (Å²) in [6.07, 6.45) is 0.300. The molecule has 2 aromatic rings. The molecule has 0 saturated carbocycles. The summed E-state index contributed by atoms with van der Waals surface area (Å²) in [6.45, 7) is 2.21. The molecule has 0 heterocycles. The van der Waals surface area contributed by atoms with Crippen LogP contribution < -0.4 is 14.8 Å². The maximum atomic E-state index is 12.1. The van der Waals surface area contributed by atoms with Gasteiger partial charge in [0.1, 0.15) is 0 Å². The van der Waals surface area contributed by atoms with E-state index in [1.165, 1.54) is 20.3 Å². The van der Waals surface area contributed by atoms with Crippen molar-refractivity contribution in [2.45, 2.75) is 13.3 Å². The number of rotatable bonds is 7. The minimum absolute atomic E-state index is 0.0674. The van der Waals surface area contributed by atoms with Crippen molar-refractivity contribution in [1.29, 1.82) is 0 Å². The molecule has 0 bridgehead atoms. The molecule has 0 atom stereocenters. The van der Waals surface area contributed by atoms with Crippen LogP contribution in [0, 0.1) is 17.0 Å². The molecule has 0 aliphatic rings. The van der Waals surface area contributed by atoms with E-state index in [4.69, 9.17) is 9.47 Å². The van der Waals surface area contributed by atoms with Gasteiger partial charge in [-0.05, 0) is 31.5 Å². The molecule has 7 heteroatoms. The second kappa shape index (κ2) is 8.14. The molecule has 7 nitrogen and oxygen atoms in total. The molecule has 0 radical (unpaired) electrons. The largest absolute Gasteiger partial charge is 0.493 e. The molecule has 0 spiro atoms. The van der Waals surface area contributed by atoms with E-state index < -0.39 is 4.92 Å². The Balaban J connectivity index is 2.10. The zero-order valence-electron chi connectivity index (χ0n) is 14.4. The van der Waals surface area contributed by atoms with Crippen LogP contribution in [-0.4, -0.2) is 31.6 Å². The van der Waals surface area contributed by atoms with Crippen LogP contribution in [0.2, 0.25) is 0 Å². The van der Waals surface area contributed by atoms with Gasteiger partial charge in [0, 0.05) is 17.7 Å². The van der Waals surface area contributed by atoms with Gasteiger partial charge in [-0.2, -0.15) is 0 Å². The molecule has 0 aliphatic heterocycles. The quantitative estimate of drug-likeness (QED) is 0.616. The van der Waals surface area contributed by atoms with Gasteiger partial charge in [0.05, 0.1) is 25.2 Å². The standard InChI is InChI=1S/C18H20N2O5/c1-12-4-6-13(7-5-12)18(21)19-9-8-14-10-16(24-2)17(25-3)11-15(14)20(22)23/h4-7,10-11H,8-9H2,1-3H3,(H,19,21). The van der Waals surface area contributed by atoms with Gasteiger partial charge >= 0.3 is 0 Å². The third-order valence-electron chi connectivity index (χ3n) is 3.78. The number of amides is 1. The van der Waals surface area contributed by atoms with E-state index in [1.807, 2.05) is 19.1 Å². The first-order chi connectivity index (χ1) is 12.0. The maximum Gasteiger partial charge on any atom is 0.276 e. The number of nitro groups is 1. The average molecular weight is 344 g/mol. The summed E-state index contributed by atoms with van der Waals surface area (Å²) in [6, 6.07) is 10.1. The number of benzene rings is 2. The van der Waals surface area contributed by atoms with Crippen LogP contribution in [0.25, 0.3) is 0 Å². The van der Waals surface area contributed by atoms with Crippen molar-refractivity contribution in [3.63, 3.8) is 0 Å². The molecule has 1 amide bonds. The summed E-state index contributed by atoms with van der Waals surface area (Å²) in [5.74, 6) is 0.484. The van der Waals surface area contributed by atoms with Crippen LogP contribution in [-0.2, 0) is 6.42 Å². The molecule has 0 fully saturated rings. The van der Waals surface area contributed by atoms with E-state index in [2.05, 4.69) is 5.32 Å². The molecule has 2 aromatic carbocycles. The van der Waals surface area contributed by atoms with Crippen molar-refractivity contribution < 1.29 is 19.2 Å². The molecular formula is C18H20N2O5. The summed E-state index contributed by atoms with van der Waals surface area (Å²) in [5, 5.41) is 14.0. The predicted molar refractivity (Wildman–Crippen MR) is 93.4 cm³/mol. The lowest BCUT2D eigenvalue weighted by Gasteiger charge is -2.11. The van der Waals surface area contributed by atoms with Crippen LogP contribution in [0.5, 0.6) is 11.5 Å². The first kappa shape index (κ1) is 18.3. The minimum Gasteiger partial charge on any atom is -0.493 e. The first-order valence-corrected chi connectivity index (χ1v) is 7.70. The number of methoxy groups -OCH3 is 2. The van der Waals surface area contributed by atoms with Gasteiger partial charge in [0.2, 0.25) is 0 Å². The Bertz CT molecular complexity index is 772. The third-order valence-corrected chi connectivity index (χ3v) is 3.78. The summed E-state index contributed by atoms with van der Waals surface area (Å²) in [7, 11) is 2.88. The molecule has 0 saturated heterocycles. The fraction of sp³-hybridized carbons (Fsp3) is 0.278. The highest BCUT2D eigenvalue weighted by molar-refractivity contribution is 5.94. The van der Waals surface area contributed by atoms with Gasteiger partial charge < -0.3 is 14.8 Å². The highest BCUT2D eigenvalue weighted by Gasteiger charge is 2.19. The monoisotopic (exact) mass is 344 g/mol. The number of ether oxygens (including phenoxy) is 2. The number of carbonyl (C=O) groups excluding carboxylic acids is 1. The molecular weight excluding hydrogens is 324 g/mol. The van der Waals surface area contributed by atoms with Crippen molar-refractivity contribution in [2.24, 2.45) is 0 Å². The molecule has 25 heavy (non-hydrogen) atoms. The number of nitro benzene ring substituents is 1. The Morgan fingerprint density at radius 3 is 2.28 bits per heavy atom. The van der Waals surface area contributed by atoms with E-state index in [1.54, 1.807) is 18.2 Å². The lowest BCUT2D eigenvalue weighted by molar-refractivity contribution is -0.385. The number of carbonyl (C=O) groups is 1. The summed E-state index contributed by atoms with van der Waals surface area (Å²) >= 11 is 0. The average Bonchev–Trinajstić information content (AvgIpc) is 2.61. The van der Waals surface area contributed by atoms with E-state index in [9.17, 15) is 14.9 Å². The van der Waals surface area contributed by atoms with Crippen molar-refractivity contribution in [3.8, 4) is 11.5 Å². The van der Waals surface area contributed by atoms with Crippen LogP contribution >= 0.6 is 0 Å². The Morgan fingerprint density at radius 1 is 1.12 bits per heavy atom. The highest BCUT2D eigenvalue weighted by atomic mass is 16.6. The lowest BCUT2D eigenvalue weighted by atomic mass is 10.1. The summed E-state index contributed by atoms with van der Waals surface area (Å²) < 4.78 is 10.3. The molecule has 0 aliphatic carbocycles. The van der Waals surface area contributed by atoms with Crippen molar-refractivity contribution in [1.82, 2.24) is 5.32 Å². The Labute approximate surface area is 145 Å². The fourth-order valence-electron chi connectivity index (χ4n) is 2.40. The van der Waals surface area contributed by atoms with E-state index in [0.29, 0.717) is 29.0 Å². The maximum absolute atomic E-state index is 12.1. The molecule has 0 aromatic heterocycles. The topological polar surface area (TPSA) is 90.7 Å². The molecule has 0 unspecified atom stereocenters. The minimum atomic E-state index is -0.473. The van der Waals surface area contributed by atoms with Gasteiger partial charge in [-0.25, -0.2) is 0 Å². The Morgan fingerprint density at radius 2 is 1.72 bits per heavy atom. The molecule has 132 valence electrons. The number of nitrogens with one attached hydrogen (secondary N) is 1. The first-order valence-electron chi connectivity index (χ1n) is 7.70. The van der Waals surface area contributed by atoms with Crippen molar-refractivity contribution in [3.05, 3.63) is 63.2 Å². The summed E-state index contributed by atoms with van der Waals surface area (Å²) in [5.41, 5.74) is 2.01. The van der Waals surface area contributed by atoms with Gasteiger partial charge in [-0.15, -0.1) is 0 Å². The van der Waals surface area contributed by atoms with E-state index in [0.717, 1.165) is 5.56 Å². The second-order valence-corrected chi connectivity index (χ2v) is 5.46. The molecule has 1 N–H and O–H groups in total. The summed E-state index contributed by atoms with van der Waals surface area (Å²) in [4.78, 5) is 22.9. The van der Waals surface area contributed by atoms with Gasteiger partial charge in [-0.1, -0.05) is 17.7 Å². The normalized spacial score (nSPS) is 10.2. The zero-order valence-corrected chi connectivity index (χ0v) is 14.4. The number of hydrogen-bond donors (Lipinski definition) is 1. The van der Waals surface area contributed by atoms with Crippen LogP contribution in [0.3, 0.4) is 0 Å². The van der Waals surface area contributed by atoms with Crippen LogP contribution in [0.15, 0.2) is 36.4 Å². The van der Waals surface area contributed by atoms with Crippen LogP contribution in [0.4, 0.5) is 5.69 Å². The van der Waals surface area contributed by atoms with E-state index >= 15 is 0 Å². The van der Waals surface area contributed by atoms with E-state index in [-0.39, 0.29) is 18.1 Å². The SMILES string of the molecule is COc1cc(CCNC(=O)c2ccc(C)cc2)c([N+](=O)[O-])cc1OC.